The minimum atomic E-state index is -1.63. The first-order valence-corrected chi connectivity index (χ1v) is 5.60. The van der Waals surface area contributed by atoms with Crippen LogP contribution in [0.15, 0.2) is 30.3 Å². The largest absolute Gasteiger partial charge is 0.480 e. The summed E-state index contributed by atoms with van der Waals surface area (Å²) in [6.45, 7) is 1.17. The molecule has 1 unspecified atom stereocenters. The molecule has 1 aromatic rings. The van der Waals surface area contributed by atoms with Crippen molar-refractivity contribution in [2.24, 2.45) is 5.73 Å². The molecule has 0 heterocycles. The van der Waals surface area contributed by atoms with Gasteiger partial charge in [0.25, 0.3) is 0 Å². The van der Waals surface area contributed by atoms with Crippen molar-refractivity contribution in [2.45, 2.75) is 12.5 Å². The van der Waals surface area contributed by atoms with Crippen molar-refractivity contribution in [3.05, 3.63) is 35.9 Å². The minimum Gasteiger partial charge on any atom is -0.480 e. The van der Waals surface area contributed by atoms with Crippen molar-refractivity contribution in [1.29, 1.82) is 0 Å². The number of rotatable bonds is 4. The molecule has 0 saturated carbocycles. The second-order valence-corrected chi connectivity index (χ2v) is 4.54. The highest BCUT2D eigenvalue weighted by Gasteiger charge is 2.38. The van der Waals surface area contributed by atoms with Crippen molar-refractivity contribution in [1.82, 2.24) is 3.93 Å². The van der Waals surface area contributed by atoms with Crippen LogP contribution in [0.2, 0.25) is 0 Å². The topological polar surface area (TPSA) is 83.6 Å². The Morgan fingerprint density at radius 2 is 1.94 bits per heavy atom. The second-order valence-electron chi connectivity index (χ2n) is 3.68. The Balaban J connectivity index is 3.07. The molecule has 3 N–H and O–H groups in total. The van der Waals surface area contributed by atoms with E-state index in [1.165, 1.54) is 6.92 Å². The third-order valence-electron chi connectivity index (χ3n) is 2.40. The van der Waals surface area contributed by atoms with E-state index in [4.69, 9.17) is 5.73 Å². The Morgan fingerprint density at radius 1 is 1.41 bits per heavy atom. The maximum absolute atomic E-state index is 11.3. The molecule has 1 amide bonds. The van der Waals surface area contributed by atoms with Crippen LogP contribution in [-0.2, 0) is 15.1 Å². The van der Waals surface area contributed by atoms with Gasteiger partial charge in [-0.25, -0.2) is 4.79 Å². The highest BCUT2D eigenvalue weighted by atomic mass is 79.9. The fourth-order valence-electron chi connectivity index (χ4n) is 1.35. The highest BCUT2D eigenvalue weighted by Crippen LogP contribution is 2.21. The van der Waals surface area contributed by atoms with E-state index >= 15 is 0 Å². The van der Waals surface area contributed by atoms with Gasteiger partial charge in [-0.05, 0) is 5.56 Å². The molecule has 1 aromatic carbocycles. The lowest BCUT2D eigenvalue weighted by Gasteiger charge is -2.28. The van der Waals surface area contributed by atoms with E-state index in [0.29, 0.717) is 5.56 Å². The van der Waals surface area contributed by atoms with Gasteiger partial charge in [0.05, 0.1) is 22.7 Å². The average Bonchev–Trinajstić information content (AvgIpc) is 2.29. The highest BCUT2D eigenvalue weighted by molar-refractivity contribution is 9.07. The van der Waals surface area contributed by atoms with E-state index in [2.05, 4.69) is 16.1 Å². The van der Waals surface area contributed by atoms with Crippen molar-refractivity contribution in [3.8, 4) is 0 Å². The summed E-state index contributed by atoms with van der Waals surface area (Å²) < 4.78 is 1.11. The summed E-state index contributed by atoms with van der Waals surface area (Å²) >= 11 is 2.98. The van der Waals surface area contributed by atoms with Gasteiger partial charge >= 0.3 is 5.97 Å². The molecule has 0 fully saturated rings. The van der Waals surface area contributed by atoms with Gasteiger partial charge in [-0.3, -0.25) is 8.72 Å². The Labute approximate surface area is 108 Å². The van der Waals surface area contributed by atoms with Crippen molar-refractivity contribution >= 4 is 28.0 Å². The first-order chi connectivity index (χ1) is 7.88. The molecule has 1 rings (SSSR count). The van der Waals surface area contributed by atoms with E-state index in [1.54, 1.807) is 30.3 Å². The summed E-state index contributed by atoms with van der Waals surface area (Å²) in [4.78, 5) is 22.4. The van der Waals surface area contributed by atoms with E-state index in [1.807, 2.05) is 0 Å². The molecule has 17 heavy (non-hydrogen) atoms. The lowest BCUT2D eigenvalue weighted by Crippen LogP contribution is -2.52. The van der Waals surface area contributed by atoms with Crippen LogP contribution in [0, 0.1) is 0 Å². The summed E-state index contributed by atoms with van der Waals surface area (Å²) in [6, 6.07) is 8.41. The summed E-state index contributed by atoms with van der Waals surface area (Å²) in [5, 5.41) is 9.23. The average molecular weight is 301 g/mol. The number of aliphatic carboxylic acids is 1. The Hall–Kier alpha value is -1.40. The molecule has 0 radical (unpaired) electrons. The Bertz CT molecular complexity index is 424. The smallest absolute Gasteiger partial charge is 0.330 e. The first kappa shape index (κ1) is 13.7. The fourth-order valence-corrected chi connectivity index (χ4v) is 1.74. The number of carbonyl (C=O) groups is 2. The standard InChI is InChI=1S/C11H13BrN2O3/c1-8(15)14(12)7-11(13,10(16)17)9-5-3-2-4-6-9/h2-6H,7,13H2,1H3,(H,16,17). The maximum atomic E-state index is 11.3. The predicted molar refractivity (Wildman–Crippen MR) is 66.3 cm³/mol. The lowest BCUT2D eigenvalue weighted by atomic mass is 9.91. The van der Waals surface area contributed by atoms with Crippen LogP contribution in [0.25, 0.3) is 0 Å². The number of hydrogen-bond acceptors (Lipinski definition) is 3. The van der Waals surface area contributed by atoms with Gasteiger partial charge in [-0.15, -0.1) is 0 Å². The zero-order valence-electron chi connectivity index (χ0n) is 9.26. The molecular weight excluding hydrogens is 288 g/mol. The molecule has 0 aliphatic heterocycles. The minimum absolute atomic E-state index is 0.151. The molecule has 5 nitrogen and oxygen atoms in total. The molecule has 0 aromatic heterocycles. The molecule has 0 spiro atoms. The molecule has 0 saturated heterocycles. The van der Waals surface area contributed by atoms with Crippen LogP contribution in [0.4, 0.5) is 0 Å². The molecule has 92 valence electrons. The van der Waals surface area contributed by atoms with Gasteiger partial charge in [-0.2, -0.15) is 0 Å². The summed E-state index contributed by atoms with van der Waals surface area (Å²) in [7, 11) is 0. The van der Waals surface area contributed by atoms with Crippen LogP contribution in [0.1, 0.15) is 12.5 Å². The molecule has 0 aliphatic rings. The van der Waals surface area contributed by atoms with Gasteiger partial charge in [0.2, 0.25) is 5.91 Å². The number of carbonyl (C=O) groups excluding carboxylic acids is 1. The van der Waals surface area contributed by atoms with Crippen molar-refractivity contribution in [3.63, 3.8) is 0 Å². The van der Waals surface area contributed by atoms with Crippen molar-refractivity contribution < 1.29 is 14.7 Å². The number of carboxylic acid groups (broad SMARTS) is 1. The maximum Gasteiger partial charge on any atom is 0.330 e. The van der Waals surface area contributed by atoms with Crippen LogP contribution < -0.4 is 5.73 Å². The van der Waals surface area contributed by atoms with Crippen molar-refractivity contribution in [2.75, 3.05) is 6.54 Å². The summed E-state index contributed by atoms with van der Waals surface area (Å²) in [6.07, 6.45) is 0. The normalized spacial score (nSPS) is 13.8. The number of halogens is 1. The number of nitrogens with zero attached hydrogens (tertiary/aromatic N) is 1. The SMILES string of the molecule is CC(=O)N(Br)CC(N)(C(=O)O)c1ccccc1. The summed E-state index contributed by atoms with van der Waals surface area (Å²) in [5.74, 6) is -1.49. The quantitative estimate of drug-likeness (QED) is 0.815. The molecule has 1 atom stereocenters. The number of hydrogen-bond donors (Lipinski definition) is 2. The zero-order valence-corrected chi connectivity index (χ0v) is 10.8. The van der Waals surface area contributed by atoms with Gasteiger partial charge in [0.15, 0.2) is 5.54 Å². The van der Waals surface area contributed by atoms with Gasteiger partial charge in [0, 0.05) is 6.92 Å². The number of carboxylic acids is 1. The van der Waals surface area contributed by atoms with Gasteiger partial charge in [-0.1, -0.05) is 30.3 Å². The molecule has 0 bridgehead atoms. The van der Waals surface area contributed by atoms with Crippen LogP contribution >= 0.6 is 16.1 Å². The van der Waals surface area contributed by atoms with E-state index in [0.717, 1.165) is 3.93 Å². The predicted octanol–water partition coefficient (Wildman–Crippen LogP) is 1.08. The first-order valence-electron chi connectivity index (χ1n) is 4.89. The van der Waals surface area contributed by atoms with E-state index in [9.17, 15) is 14.7 Å². The van der Waals surface area contributed by atoms with Crippen LogP contribution in [0.5, 0.6) is 0 Å². The fraction of sp³-hybridized carbons (Fsp3) is 0.273. The third-order valence-corrected chi connectivity index (χ3v) is 3.15. The molecule has 6 heteroatoms. The monoisotopic (exact) mass is 300 g/mol. The van der Waals surface area contributed by atoms with E-state index < -0.39 is 11.5 Å². The molecular formula is C11H13BrN2O3. The van der Waals surface area contributed by atoms with Crippen LogP contribution in [0.3, 0.4) is 0 Å². The zero-order chi connectivity index (χ0) is 13.1. The van der Waals surface area contributed by atoms with Gasteiger partial charge < -0.3 is 10.8 Å². The third kappa shape index (κ3) is 3.04. The Morgan fingerprint density at radius 3 is 2.35 bits per heavy atom. The number of benzene rings is 1. The van der Waals surface area contributed by atoms with E-state index in [-0.39, 0.29) is 12.5 Å². The number of amides is 1. The van der Waals surface area contributed by atoms with Gasteiger partial charge in [0.1, 0.15) is 0 Å². The summed E-state index contributed by atoms with van der Waals surface area (Å²) in [5.41, 5.74) is 4.69. The molecule has 0 aliphatic carbocycles. The second kappa shape index (κ2) is 5.29. The number of nitrogens with two attached hydrogens (primary N) is 1. The lowest BCUT2D eigenvalue weighted by molar-refractivity contribution is -0.144. The van der Waals surface area contributed by atoms with Crippen LogP contribution in [-0.4, -0.2) is 27.5 Å². The Kier molecular flexibility index (Phi) is 4.25.